The van der Waals surface area contributed by atoms with Crippen molar-refractivity contribution in [2.45, 2.75) is 19.1 Å². The molecule has 0 aliphatic heterocycles. The van der Waals surface area contributed by atoms with Gasteiger partial charge in [0.1, 0.15) is 6.10 Å². The molecule has 0 N–H and O–H groups in total. The number of esters is 1. The van der Waals surface area contributed by atoms with Gasteiger partial charge >= 0.3 is 5.97 Å². The minimum absolute atomic E-state index is 0.322. The number of aromatic nitrogens is 2. The van der Waals surface area contributed by atoms with E-state index in [1.165, 1.54) is 0 Å². The van der Waals surface area contributed by atoms with E-state index in [2.05, 4.69) is 4.98 Å². The predicted molar refractivity (Wildman–Crippen MR) is 92.9 cm³/mol. The van der Waals surface area contributed by atoms with Crippen LogP contribution in [0.3, 0.4) is 0 Å². The van der Waals surface area contributed by atoms with E-state index in [1.54, 1.807) is 36.8 Å². The number of carbonyl (C=O) groups is 1. The van der Waals surface area contributed by atoms with Crippen molar-refractivity contribution in [1.82, 2.24) is 9.55 Å². The lowest BCUT2D eigenvalue weighted by atomic mass is 10.1. The lowest BCUT2D eigenvalue weighted by Crippen LogP contribution is -2.14. The Hall–Kier alpha value is -2.59. The highest BCUT2D eigenvalue weighted by atomic mass is 35.5. The van der Waals surface area contributed by atoms with Gasteiger partial charge in [-0.05, 0) is 29.8 Å². The minimum Gasteiger partial charge on any atom is -0.454 e. The summed E-state index contributed by atoms with van der Waals surface area (Å²) in [7, 11) is 0. The predicted octanol–water partition coefficient (Wildman–Crippen LogP) is 4.52. The molecular weight excluding hydrogens is 324 g/mol. The number of rotatable bonds is 6. The second-order valence-corrected chi connectivity index (χ2v) is 5.84. The number of nitrogens with zero attached hydrogens (tertiary/aromatic N) is 2. The third kappa shape index (κ3) is 4.24. The van der Waals surface area contributed by atoms with Crippen LogP contribution in [0.5, 0.6) is 0 Å². The lowest BCUT2D eigenvalue weighted by Gasteiger charge is -2.19. The summed E-state index contributed by atoms with van der Waals surface area (Å²) in [5.41, 5.74) is 1.46. The number of hydrogen-bond acceptors (Lipinski definition) is 3. The van der Waals surface area contributed by atoms with Gasteiger partial charge in [0, 0.05) is 30.4 Å². The maximum absolute atomic E-state index is 12.4. The summed E-state index contributed by atoms with van der Waals surface area (Å²) in [4.78, 5) is 16.4. The van der Waals surface area contributed by atoms with Crippen LogP contribution in [-0.4, -0.2) is 15.5 Å². The van der Waals surface area contributed by atoms with Gasteiger partial charge in [-0.15, -0.1) is 0 Å². The first-order valence-corrected chi connectivity index (χ1v) is 8.07. The molecule has 5 heteroatoms. The maximum Gasteiger partial charge on any atom is 0.338 e. The van der Waals surface area contributed by atoms with E-state index in [-0.39, 0.29) is 12.1 Å². The monoisotopic (exact) mass is 340 g/mol. The number of benzene rings is 2. The van der Waals surface area contributed by atoms with Gasteiger partial charge in [0.15, 0.2) is 0 Å². The van der Waals surface area contributed by atoms with Crippen molar-refractivity contribution in [2.75, 3.05) is 0 Å². The van der Waals surface area contributed by atoms with Crippen LogP contribution in [0.2, 0.25) is 5.02 Å². The number of halogens is 1. The Kier molecular flexibility index (Phi) is 5.29. The molecule has 3 rings (SSSR count). The van der Waals surface area contributed by atoms with Crippen LogP contribution in [0, 0.1) is 0 Å². The van der Waals surface area contributed by atoms with E-state index in [4.69, 9.17) is 16.3 Å². The Morgan fingerprint density at radius 2 is 1.88 bits per heavy atom. The van der Waals surface area contributed by atoms with Crippen LogP contribution in [-0.2, 0) is 11.3 Å². The first kappa shape index (κ1) is 16.3. The zero-order valence-corrected chi connectivity index (χ0v) is 13.8. The van der Waals surface area contributed by atoms with Crippen LogP contribution in [0.15, 0.2) is 73.3 Å². The third-order valence-corrected chi connectivity index (χ3v) is 3.96. The fourth-order valence-corrected chi connectivity index (χ4v) is 2.56. The van der Waals surface area contributed by atoms with Crippen molar-refractivity contribution in [2.24, 2.45) is 0 Å². The average molecular weight is 341 g/mol. The standard InChI is InChI=1S/C19H17ClN2O2/c20-17-8-6-16(7-9-17)19(23)24-18(15-4-2-1-3-5-15)10-12-22-13-11-21-14-22/h1-9,11,13-14,18H,10,12H2. The van der Waals surface area contributed by atoms with E-state index in [9.17, 15) is 4.79 Å². The third-order valence-electron chi connectivity index (χ3n) is 3.71. The van der Waals surface area contributed by atoms with Crippen molar-refractivity contribution in [3.63, 3.8) is 0 Å². The molecule has 0 aliphatic rings. The molecule has 0 amide bonds. The van der Waals surface area contributed by atoms with Gasteiger partial charge in [-0.2, -0.15) is 0 Å². The van der Waals surface area contributed by atoms with E-state index >= 15 is 0 Å². The zero-order valence-electron chi connectivity index (χ0n) is 13.0. The molecule has 0 saturated carbocycles. The molecule has 1 aromatic heterocycles. The van der Waals surface area contributed by atoms with Gasteiger partial charge in [-0.25, -0.2) is 9.78 Å². The number of aryl methyl sites for hydroxylation is 1. The topological polar surface area (TPSA) is 44.1 Å². The van der Waals surface area contributed by atoms with E-state index in [1.807, 2.05) is 41.1 Å². The summed E-state index contributed by atoms with van der Waals surface area (Å²) < 4.78 is 7.71. The second kappa shape index (κ2) is 7.79. The average Bonchev–Trinajstić information content (AvgIpc) is 3.13. The molecule has 0 spiro atoms. The van der Waals surface area contributed by atoms with Crippen molar-refractivity contribution in [3.8, 4) is 0 Å². The van der Waals surface area contributed by atoms with Gasteiger partial charge in [0.2, 0.25) is 0 Å². The summed E-state index contributed by atoms with van der Waals surface area (Å²) in [6.45, 7) is 0.716. The fourth-order valence-electron chi connectivity index (χ4n) is 2.43. The van der Waals surface area contributed by atoms with Gasteiger partial charge in [0.25, 0.3) is 0 Å². The van der Waals surface area contributed by atoms with Crippen LogP contribution < -0.4 is 0 Å². The van der Waals surface area contributed by atoms with Crippen molar-refractivity contribution >= 4 is 17.6 Å². The van der Waals surface area contributed by atoms with E-state index in [0.717, 1.165) is 5.56 Å². The highest BCUT2D eigenvalue weighted by Gasteiger charge is 2.18. The van der Waals surface area contributed by atoms with Crippen molar-refractivity contribution in [1.29, 1.82) is 0 Å². The normalized spacial score (nSPS) is 11.9. The molecule has 3 aromatic rings. The number of hydrogen-bond donors (Lipinski definition) is 0. The summed E-state index contributed by atoms with van der Waals surface area (Å²) >= 11 is 5.86. The summed E-state index contributed by atoms with van der Waals surface area (Å²) in [6, 6.07) is 16.5. The number of ether oxygens (including phenoxy) is 1. The molecule has 1 heterocycles. The molecule has 24 heavy (non-hydrogen) atoms. The lowest BCUT2D eigenvalue weighted by molar-refractivity contribution is 0.0266. The molecule has 0 fully saturated rings. The molecule has 0 bridgehead atoms. The van der Waals surface area contributed by atoms with Gasteiger partial charge in [-0.1, -0.05) is 41.9 Å². The Morgan fingerprint density at radius 1 is 1.12 bits per heavy atom. The first-order chi connectivity index (χ1) is 11.7. The van der Waals surface area contributed by atoms with Crippen molar-refractivity contribution < 1.29 is 9.53 Å². The van der Waals surface area contributed by atoms with E-state index in [0.29, 0.717) is 23.6 Å². The van der Waals surface area contributed by atoms with Crippen LogP contribution in [0.4, 0.5) is 0 Å². The van der Waals surface area contributed by atoms with Gasteiger partial charge < -0.3 is 9.30 Å². The Bertz CT molecular complexity index is 771. The molecule has 4 nitrogen and oxygen atoms in total. The highest BCUT2D eigenvalue weighted by molar-refractivity contribution is 6.30. The Balaban J connectivity index is 1.74. The molecule has 1 atom stereocenters. The molecule has 0 radical (unpaired) electrons. The Labute approximate surface area is 145 Å². The fraction of sp³-hybridized carbons (Fsp3) is 0.158. The molecule has 0 saturated heterocycles. The molecule has 0 aliphatic carbocycles. The maximum atomic E-state index is 12.4. The van der Waals surface area contributed by atoms with Crippen LogP contribution >= 0.6 is 11.6 Å². The molecule has 122 valence electrons. The number of carbonyl (C=O) groups excluding carboxylic acids is 1. The zero-order chi connectivity index (χ0) is 16.8. The molecular formula is C19H17ClN2O2. The summed E-state index contributed by atoms with van der Waals surface area (Å²) in [5, 5.41) is 0.589. The molecule has 2 aromatic carbocycles. The Morgan fingerprint density at radius 3 is 2.54 bits per heavy atom. The van der Waals surface area contributed by atoms with E-state index < -0.39 is 0 Å². The first-order valence-electron chi connectivity index (χ1n) is 7.69. The van der Waals surface area contributed by atoms with Crippen LogP contribution in [0.1, 0.15) is 28.4 Å². The van der Waals surface area contributed by atoms with Gasteiger partial charge in [0.05, 0.1) is 11.9 Å². The summed E-state index contributed by atoms with van der Waals surface area (Å²) in [6.07, 6.45) is 5.72. The smallest absolute Gasteiger partial charge is 0.338 e. The van der Waals surface area contributed by atoms with Crippen molar-refractivity contribution in [3.05, 3.63) is 89.5 Å². The van der Waals surface area contributed by atoms with Gasteiger partial charge in [-0.3, -0.25) is 0 Å². The quantitative estimate of drug-likeness (QED) is 0.619. The highest BCUT2D eigenvalue weighted by Crippen LogP contribution is 2.24. The minimum atomic E-state index is -0.355. The SMILES string of the molecule is O=C(OC(CCn1ccnc1)c1ccccc1)c1ccc(Cl)cc1. The van der Waals surface area contributed by atoms with Crippen LogP contribution in [0.25, 0.3) is 0 Å². The molecule has 1 unspecified atom stereocenters. The number of imidazole rings is 1. The largest absolute Gasteiger partial charge is 0.454 e. The second-order valence-electron chi connectivity index (χ2n) is 5.40. The summed E-state index contributed by atoms with van der Waals surface area (Å²) in [5.74, 6) is -0.355.